The van der Waals surface area contributed by atoms with Gasteiger partial charge in [-0.05, 0) is 54.7 Å². The van der Waals surface area contributed by atoms with Gasteiger partial charge in [-0.1, -0.05) is 75.6 Å². The van der Waals surface area contributed by atoms with Crippen LogP contribution in [0.1, 0.15) is 86.6 Å². The molecule has 0 fully saturated rings. The summed E-state index contributed by atoms with van der Waals surface area (Å²) < 4.78 is 35.5. The third kappa shape index (κ3) is 9.59. The quantitative estimate of drug-likeness (QED) is 0.107. The van der Waals surface area contributed by atoms with E-state index in [1.807, 2.05) is 37.3 Å². The van der Waals surface area contributed by atoms with Crippen molar-refractivity contribution in [2.45, 2.75) is 94.4 Å². The van der Waals surface area contributed by atoms with Crippen molar-refractivity contribution in [1.82, 2.24) is 9.71 Å². The van der Waals surface area contributed by atoms with Gasteiger partial charge in [0.15, 0.2) is 0 Å². The van der Waals surface area contributed by atoms with Gasteiger partial charge in [0, 0.05) is 36.0 Å². The second kappa shape index (κ2) is 17.1. The first-order valence-electron chi connectivity index (χ1n) is 14.3. The number of aliphatic hydroxyl groups excluding tert-OH is 1. The number of aryl methyl sites for hydroxylation is 1. The average molecular weight is 610 g/mol. The Hall–Kier alpha value is -1.90. The van der Waals surface area contributed by atoms with Crippen molar-refractivity contribution in [3.05, 3.63) is 64.8 Å². The number of alkyl halides is 2. The van der Waals surface area contributed by atoms with E-state index in [1.54, 1.807) is 12.1 Å². The van der Waals surface area contributed by atoms with Gasteiger partial charge in [0.1, 0.15) is 17.9 Å². The van der Waals surface area contributed by atoms with E-state index in [-0.39, 0.29) is 29.9 Å². The van der Waals surface area contributed by atoms with Gasteiger partial charge in [0.2, 0.25) is 10.0 Å². The number of ether oxygens (including phenoxy) is 1. The van der Waals surface area contributed by atoms with Crippen molar-refractivity contribution in [3.8, 4) is 5.75 Å². The summed E-state index contributed by atoms with van der Waals surface area (Å²) in [5, 5.41) is 9.79. The lowest BCUT2D eigenvalue weighted by atomic mass is 10.0. The zero-order chi connectivity index (χ0) is 28.8. The van der Waals surface area contributed by atoms with Gasteiger partial charge in [-0.3, -0.25) is 0 Å². The molecule has 0 spiro atoms. The first-order chi connectivity index (χ1) is 19.4. The highest BCUT2D eigenvalue weighted by molar-refractivity contribution is 7.89. The molecule has 3 rings (SSSR count). The van der Waals surface area contributed by atoms with Crippen LogP contribution in [0.4, 0.5) is 0 Å². The number of halogens is 2. The highest BCUT2D eigenvalue weighted by atomic mass is 35.5. The summed E-state index contributed by atoms with van der Waals surface area (Å²) in [5.74, 6) is 0.855. The lowest BCUT2D eigenvalue weighted by Crippen LogP contribution is -2.26. The van der Waals surface area contributed by atoms with Crippen molar-refractivity contribution in [1.29, 1.82) is 0 Å². The predicted octanol–water partition coefficient (Wildman–Crippen LogP) is 7.77. The molecule has 0 aliphatic heterocycles. The molecule has 220 valence electrons. The highest BCUT2D eigenvalue weighted by Crippen LogP contribution is 2.30. The molecule has 2 N–H and O–H groups in total. The summed E-state index contributed by atoms with van der Waals surface area (Å²) in [6, 6.07) is 13.0. The van der Waals surface area contributed by atoms with E-state index in [0.29, 0.717) is 23.4 Å². The molecule has 0 aliphatic carbocycles. The molecule has 40 heavy (non-hydrogen) atoms. The Morgan fingerprint density at radius 1 is 0.825 bits per heavy atom. The summed E-state index contributed by atoms with van der Waals surface area (Å²) in [6.45, 7) is 2.73. The molecule has 0 amide bonds. The number of hydrogen-bond acceptors (Lipinski definition) is 5. The molecule has 2 aromatic carbocycles. The molecule has 6 nitrogen and oxygen atoms in total. The number of para-hydroxylation sites is 1. The minimum atomic E-state index is -3.75. The second-order valence-electron chi connectivity index (χ2n) is 10.2. The maximum absolute atomic E-state index is 13.3. The molecular weight excluding hydrogens is 567 g/mol. The lowest BCUT2D eigenvalue weighted by Gasteiger charge is -2.18. The number of hydrogen-bond donors (Lipinski definition) is 2. The van der Waals surface area contributed by atoms with Gasteiger partial charge in [0.25, 0.3) is 0 Å². The minimum absolute atomic E-state index is 0.0204. The van der Waals surface area contributed by atoms with Crippen molar-refractivity contribution in [3.63, 3.8) is 0 Å². The fraction of sp³-hybridized carbons (Fsp3) is 0.516. The van der Waals surface area contributed by atoms with Crippen LogP contribution in [-0.2, 0) is 28.4 Å². The molecule has 0 radical (unpaired) electrons. The largest absolute Gasteiger partial charge is 0.487 e. The number of benzene rings is 2. The maximum Gasteiger partial charge on any atom is 0.240 e. The fourth-order valence-electron chi connectivity index (χ4n) is 4.84. The van der Waals surface area contributed by atoms with Gasteiger partial charge in [-0.2, -0.15) is 0 Å². The van der Waals surface area contributed by atoms with Crippen LogP contribution in [0.2, 0.25) is 0 Å². The number of rotatable bonds is 19. The summed E-state index contributed by atoms with van der Waals surface area (Å²) in [5.41, 5.74) is 3.63. The summed E-state index contributed by atoms with van der Waals surface area (Å²) in [6.07, 6.45) is 10.9. The van der Waals surface area contributed by atoms with Crippen LogP contribution in [0.3, 0.4) is 0 Å². The Morgan fingerprint density at radius 3 is 2.15 bits per heavy atom. The van der Waals surface area contributed by atoms with Crippen molar-refractivity contribution in [2.24, 2.45) is 0 Å². The Kier molecular flexibility index (Phi) is 14.0. The predicted molar refractivity (Wildman–Crippen MR) is 165 cm³/mol. The molecule has 0 aliphatic rings. The fourth-order valence-corrected chi connectivity index (χ4v) is 6.81. The zero-order valence-electron chi connectivity index (χ0n) is 23.4. The van der Waals surface area contributed by atoms with E-state index in [0.717, 1.165) is 60.7 Å². The molecule has 0 atom stereocenters. The molecule has 0 unspecified atom stereocenters. The molecule has 0 bridgehead atoms. The molecule has 1 heterocycles. The first-order valence-corrected chi connectivity index (χ1v) is 16.8. The van der Waals surface area contributed by atoms with E-state index >= 15 is 0 Å². The van der Waals surface area contributed by atoms with Crippen LogP contribution in [0.15, 0.2) is 47.4 Å². The van der Waals surface area contributed by atoms with Crippen LogP contribution in [0.25, 0.3) is 10.9 Å². The van der Waals surface area contributed by atoms with E-state index in [4.69, 9.17) is 33.0 Å². The normalized spacial score (nSPS) is 11.8. The Morgan fingerprint density at radius 2 is 1.50 bits per heavy atom. The van der Waals surface area contributed by atoms with Crippen LogP contribution in [-0.4, -0.2) is 31.7 Å². The number of nitrogens with one attached hydrogen (secondary N) is 1. The molecule has 1 aromatic heterocycles. The second-order valence-corrected chi connectivity index (χ2v) is 12.4. The third-order valence-electron chi connectivity index (χ3n) is 7.12. The number of aliphatic hydroxyl groups is 1. The van der Waals surface area contributed by atoms with Gasteiger partial charge >= 0.3 is 0 Å². The number of nitrogens with zero attached hydrogens (tertiary/aromatic N) is 1. The number of sulfonamides is 1. The van der Waals surface area contributed by atoms with E-state index in [1.165, 1.54) is 25.7 Å². The number of pyridine rings is 1. The molecular formula is C31H42Cl2N2O4S. The molecule has 9 heteroatoms. The van der Waals surface area contributed by atoms with Crippen molar-refractivity contribution >= 4 is 44.1 Å². The smallest absolute Gasteiger partial charge is 0.240 e. The summed E-state index contributed by atoms with van der Waals surface area (Å²) in [4.78, 5) is 4.79. The van der Waals surface area contributed by atoms with Crippen molar-refractivity contribution in [2.75, 3.05) is 13.2 Å². The Bertz CT molecular complexity index is 1320. The Balaban J connectivity index is 1.58. The minimum Gasteiger partial charge on any atom is -0.487 e. The lowest BCUT2D eigenvalue weighted by molar-refractivity contribution is 0.282. The van der Waals surface area contributed by atoms with Crippen LogP contribution in [0.5, 0.6) is 5.75 Å². The van der Waals surface area contributed by atoms with Gasteiger partial charge in [0.05, 0.1) is 4.90 Å². The summed E-state index contributed by atoms with van der Waals surface area (Å²) >= 11 is 12.6. The van der Waals surface area contributed by atoms with Crippen LogP contribution >= 0.6 is 23.2 Å². The van der Waals surface area contributed by atoms with E-state index in [2.05, 4.69) is 9.71 Å². The number of aromatic nitrogens is 1. The topological polar surface area (TPSA) is 88.5 Å². The van der Waals surface area contributed by atoms with Gasteiger partial charge < -0.3 is 9.84 Å². The monoisotopic (exact) mass is 608 g/mol. The van der Waals surface area contributed by atoms with Gasteiger partial charge in [-0.15, -0.1) is 23.2 Å². The van der Waals surface area contributed by atoms with Gasteiger partial charge in [-0.25, -0.2) is 18.1 Å². The standard InChI is InChI=1S/C31H42Cl2N2O4S/c1-24-15-16-25-13-12-14-29(31(25)35-24)39-23-28-26(21-32)17-18-30(27(28)22-33)40(37,38)34-19-10-8-6-4-2-3-5-7-9-11-20-36/h12-18,34,36H,2-11,19-23H2,1H3. The van der Waals surface area contributed by atoms with E-state index < -0.39 is 10.0 Å². The third-order valence-corrected chi connectivity index (χ3v) is 9.22. The number of unbranched alkanes of at least 4 members (excludes halogenated alkanes) is 9. The Labute approximate surface area is 249 Å². The zero-order valence-corrected chi connectivity index (χ0v) is 25.8. The highest BCUT2D eigenvalue weighted by Gasteiger charge is 2.22. The molecule has 3 aromatic rings. The maximum atomic E-state index is 13.3. The summed E-state index contributed by atoms with van der Waals surface area (Å²) in [7, 11) is -3.75. The molecule has 0 saturated carbocycles. The first kappa shape index (κ1) is 32.6. The molecule has 0 saturated heterocycles. The average Bonchev–Trinajstić information content (AvgIpc) is 2.95. The SMILES string of the molecule is Cc1ccc2cccc(OCc3c(CCl)ccc(S(=O)(=O)NCCCCCCCCCCCCO)c3CCl)c2n1. The number of fused-ring (bicyclic) bond motifs is 1. The van der Waals surface area contributed by atoms with Crippen LogP contribution in [0, 0.1) is 6.92 Å². The van der Waals surface area contributed by atoms with Crippen molar-refractivity contribution < 1.29 is 18.3 Å². The van der Waals surface area contributed by atoms with E-state index in [9.17, 15) is 8.42 Å². The van der Waals surface area contributed by atoms with Crippen LogP contribution < -0.4 is 9.46 Å².